The van der Waals surface area contributed by atoms with E-state index in [1.165, 1.54) is 5.69 Å². The number of benzene rings is 1. The van der Waals surface area contributed by atoms with Crippen LogP contribution in [0.15, 0.2) is 24.3 Å². The summed E-state index contributed by atoms with van der Waals surface area (Å²) in [4.78, 5) is 14.1. The van der Waals surface area contributed by atoms with Gasteiger partial charge < -0.3 is 14.8 Å². The van der Waals surface area contributed by atoms with E-state index in [4.69, 9.17) is 0 Å². The Kier molecular flexibility index (Phi) is 3.03. The zero-order valence-electron chi connectivity index (χ0n) is 11.4. The quantitative estimate of drug-likeness (QED) is 0.833. The van der Waals surface area contributed by atoms with Crippen molar-refractivity contribution in [2.24, 2.45) is 7.05 Å². The number of rotatable bonds is 2. The van der Waals surface area contributed by atoms with Crippen LogP contribution >= 0.6 is 0 Å². The molecule has 0 atom stereocenters. The molecule has 0 bridgehead atoms. The molecule has 0 aliphatic carbocycles. The molecular weight excluding hydrogens is 238 g/mol. The number of para-hydroxylation sites is 1. The Morgan fingerprint density at radius 3 is 2.68 bits per heavy atom. The van der Waals surface area contributed by atoms with Crippen molar-refractivity contribution in [2.75, 3.05) is 31.1 Å². The predicted molar refractivity (Wildman–Crippen MR) is 78.0 cm³/mol. The fourth-order valence-corrected chi connectivity index (χ4v) is 2.89. The number of nitrogens with one attached hydrogen (secondary N) is 1. The highest BCUT2D eigenvalue weighted by Gasteiger charge is 2.17. The van der Waals surface area contributed by atoms with Crippen molar-refractivity contribution in [3.63, 3.8) is 0 Å². The Morgan fingerprint density at radius 1 is 1.26 bits per heavy atom. The number of hydrogen-bond acceptors (Lipinski definition) is 3. The molecule has 1 saturated heterocycles. The molecule has 100 valence electrons. The van der Waals surface area contributed by atoms with Crippen molar-refractivity contribution in [1.29, 1.82) is 0 Å². The van der Waals surface area contributed by atoms with Crippen LogP contribution in [0.4, 0.5) is 5.69 Å². The van der Waals surface area contributed by atoms with Gasteiger partial charge in [-0.2, -0.15) is 0 Å². The van der Waals surface area contributed by atoms with Crippen molar-refractivity contribution >= 4 is 22.4 Å². The van der Waals surface area contributed by atoms with E-state index in [1.807, 2.05) is 17.7 Å². The highest BCUT2D eigenvalue weighted by molar-refractivity contribution is 6.02. The number of carbonyl (C=O) groups excluding carboxylic acids is 1. The predicted octanol–water partition coefficient (Wildman–Crippen LogP) is 1.79. The summed E-state index contributed by atoms with van der Waals surface area (Å²) >= 11 is 0. The summed E-state index contributed by atoms with van der Waals surface area (Å²) in [5.41, 5.74) is 3.17. The van der Waals surface area contributed by atoms with E-state index in [2.05, 4.69) is 28.4 Å². The number of aromatic nitrogens is 1. The Balaban J connectivity index is 2.16. The van der Waals surface area contributed by atoms with E-state index in [9.17, 15) is 4.79 Å². The van der Waals surface area contributed by atoms with Crippen molar-refractivity contribution in [3.8, 4) is 0 Å². The second-order valence-corrected chi connectivity index (χ2v) is 5.10. The molecule has 1 aromatic carbocycles. The fourth-order valence-electron chi connectivity index (χ4n) is 2.89. The molecule has 1 fully saturated rings. The first-order valence-corrected chi connectivity index (χ1v) is 6.73. The summed E-state index contributed by atoms with van der Waals surface area (Å²) in [5, 5.41) is 4.51. The molecule has 0 radical (unpaired) electrons. The van der Waals surface area contributed by atoms with Crippen molar-refractivity contribution < 1.29 is 4.79 Å². The highest BCUT2D eigenvalue weighted by Crippen LogP contribution is 2.29. The minimum Gasteiger partial charge on any atom is -0.367 e. The number of Topliss-reactive ketones (excluding diaryl/α,β-unsaturated/α-hetero) is 1. The summed E-state index contributed by atoms with van der Waals surface area (Å²) in [5.74, 6) is 0.116. The number of carbonyl (C=O) groups is 1. The maximum absolute atomic E-state index is 11.7. The Bertz CT molecular complexity index is 624. The average molecular weight is 257 g/mol. The number of hydrogen-bond donors (Lipinski definition) is 1. The lowest BCUT2D eigenvalue weighted by Gasteiger charge is -2.30. The van der Waals surface area contributed by atoms with Crippen molar-refractivity contribution in [3.05, 3.63) is 30.0 Å². The zero-order valence-corrected chi connectivity index (χ0v) is 11.4. The molecule has 1 aliphatic heterocycles. The summed E-state index contributed by atoms with van der Waals surface area (Å²) < 4.78 is 2.02. The third-order valence-electron chi connectivity index (χ3n) is 3.85. The molecule has 4 nitrogen and oxygen atoms in total. The van der Waals surface area contributed by atoms with Crippen LogP contribution in [0.1, 0.15) is 17.4 Å². The van der Waals surface area contributed by atoms with Crippen LogP contribution < -0.4 is 10.2 Å². The van der Waals surface area contributed by atoms with Gasteiger partial charge in [-0.05, 0) is 12.1 Å². The van der Waals surface area contributed by atoms with Crippen molar-refractivity contribution in [1.82, 2.24) is 9.88 Å². The topological polar surface area (TPSA) is 37.3 Å². The minimum absolute atomic E-state index is 0.116. The van der Waals surface area contributed by atoms with Crippen LogP contribution in [0.3, 0.4) is 0 Å². The highest BCUT2D eigenvalue weighted by atomic mass is 16.1. The largest absolute Gasteiger partial charge is 0.367 e. The van der Waals surface area contributed by atoms with Crippen molar-refractivity contribution in [2.45, 2.75) is 6.92 Å². The molecule has 4 heteroatoms. The number of piperazine rings is 1. The molecule has 1 N–H and O–H groups in total. The Morgan fingerprint density at radius 2 is 2.00 bits per heavy atom. The lowest BCUT2D eigenvalue weighted by molar-refractivity contribution is 0.101. The van der Waals surface area contributed by atoms with E-state index < -0.39 is 0 Å². The van der Waals surface area contributed by atoms with E-state index in [-0.39, 0.29) is 5.78 Å². The van der Waals surface area contributed by atoms with Crippen LogP contribution in [-0.2, 0) is 7.05 Å². The second kappa shape index (κ2) is 4.70. The van der Waals surface area contributed by atoms with Gasteiger partial charge in [-0.25, -0.2) is 0 Å². The smallest absolute Gasteiger partial charge is 0.176 e. The summed E-state index contributed by atoms with van der Waals surface area (Å²) in [6.07, 6.45) is 0. The monoisotopic (exact) mass is 257 g/mol. The Labute approximate surface area is 113 Å². The maximum atomic E-state index is 11.7. The van der Waals surface area contributed by atoms with E-state index >= 15 is 0 Å². The molecule has 1 aliphatic rings. The molecule has 0 amide bonds. The summed E-state index contributed by atoms with van der Waals surface area (Å²) in [6, 6.07) is 8.29. The lowest BCUT2D eigenvalue weighted by atomic mass is 10.2. The molecule has 19 heavy (non-hydrogen) atoms. The first-order valence-electron chi connectivity index (χ1n) is 6.73. The molecule has 0 saturated carbocycles. The number of nitrogens with zero attached hydrogens (tertiary/aromatic N) is 2. The molecule has 0 unspecified atom stereocenters. The van der Waals surface area contributed by atoms with Crippen LogP contribution in [0.2, 0.25) is 0 Å². The molecule has 1 aromatic heterocycles. The van der Waals surface area contributed by atoms with Crippen LogP contribution in [-0.4, -0.2) is 36.5 Å². The molecule has 3 rings (SSSR count). The summed E-state index contributed by atoms with van der Waals surface area (Å²) in [7, 11) is 1.98. The average Bonchev–Trinajstić information content (AvgIpc) is 2.78. The number of anilines is 1. The lowest BCUT2D eigenvalue weighted by Crippen LogP contribution is -2.43. The third-order valence-corrected chi connectivity index (χ3v) is 3.85. The summed E-state index contributed by atoms with van der Waals surface area (Å²) in [6.45, 7) is 5.68. The van der Waals surface area contributed by atoms with E-state index in [1.54, 1.807) is 6.92 Å². The van der Waals surface area contributed by atoms with Gasteiger partial charge in [0.15, 0.2) is 5.78 Å². The maximum Gasteiger partial charge on any atom is 0.176 e. The van der Waals surface area contributed by atoms with Gasteiger partial charge in [0.05, 0.1) is 16.9 Å². The molecular formula is C15H19N3O. The van der Waals surface area contributed by atoms with Gasteiger partial charge in [-0.1, -0.05) is 12.1 Å². The first kappa shape index (κ1) is 12.2. The van der Waals surface area contributed by atoms with Gasteiger partial charge in [0, 0.05) is 45.5 Å². The van der Waals surface area contributed by atoms with Gasteiger partial charge in [0.25, 0.3) is 0 Å². The Hall–Kier alpha value is -1.81. The number of fused-ring (bicyclic) bond motifs is 1. The standard InChI is InChI=1S/C15H19N3O/c1-11(19)14-10-12-4-3-5-13(15(12)17(14)2)18-8-6-16-7-9-18/h3-5,10,16H,6-9H2,1-2H3. The van der Waals surface area contributed by atoms with E-state index in [0.717, 1.165) is 42.8 Å². The number of aryl methyl sites for hydroxylation is 1. The SMILES string of the molecule is CC(=O)c1cc2cccc(N3CCNCC3)c2n1C. The van der Waals surface area contributed by atoms with Crippen LogP contribution in [0.25, 0.3) is 10.9 Å². The van der Waals surface area contributed by atoms with Gasteiger partial charge >= 0.3 is 0 Å². The van der Waals surface area contributed by atoms with Gasteiger partial charge in [-0.3, -0.25) is 4.79 Å². The fraction of sp³-hybridized carbons (Fsp3) is 0.400. The molecule has 0 spiro atoms. The van der Waals surface area contributed by atoms with Gasteiger partial charge in [0.2, 0.25) is 0 Å². The van der Waals surface area contributed by atoms with E-state index in [0.29, 0.717) is 0 Å². The molecule has 2 aromatic rings. The van der Waals surface area contributed by atoms with Gasteiger partial charge in [-0.15, -0.1) is 0 Å². The normalized spacial score (nSPS) is 16.0. The first-order chi connectivity index (χ1) is 9.18. The van der Waals surface area contributed by atoms with Crippen LogP contribution in [0, 0.1) is 0 Å². The second-order valence-electron chi connectivity index (χ2n) is 5.10. The van der Waals surface area contributed by atoms with Crippen LogP contribution in [0.5, 0.6) is 0 Å². The molecule has 2 heterocycles. The zero-order chi connectivity index (χ0) is 13.4. The van der Waals surface area contributed by atoms with Gasteiger partial charge in [0.1, 0.15) is 0 Å². The number of ketones is 1. The third kappa shape index (κ3) is 2.02. The minimum atomic E-state index is 0.116.